The average Bonchev–Trinajstić information content (AvgIpc) is 2.01. The van der Waals surface area contributed by atoms with Gasteiger partial charge < -0.3 is 5.32 Å². The van der Waals surface area contributed by atoms with Gasteiger partial charge in [-0.25, -0.2) is 0 Å². The molecule has 0 bridgehead atoms. The van der Waals surface area contributed by atoms with Crippen LogP contribution in [-0.2, 0) is 4.79 Å². The van der Waals surface area contributed by atoms with E-state index in [1.165, 1.54) is 19.3 Å². The standard InChI is InChI=1S/C11H19NO/c1-4-5-6-9-7-8-10(13)12-11(9,2)3/h7-9H,4-6H2,1-3H3,(H,12,13)/t9-/m1/s1. The summed E-state index contributed by atoms with van der Waals surface area (Å²) in [6, 6.07) is 0. The lowest BCUT2D eigenvalue weighted by Gasteiger charge is -2.36. The number of carbonyl (C=O) groups excluding carboxylic acids is 1. The summed E-state index contributed by atoms with van der Waals surface area (Å²) in [5.41, 5.74) is -0.0684. The minimum absolute atomic E-state index is 0.0396. The van der Waals surface area contributed by atoms with Crippen molar-refractivity contribution in [2.24, 2.45) is 5.92 Å². The van der Waals surface area contributed by atoms with Crippen LogP contribution in [0.15, 0.2) is 12.2 Å². The van der Waals surface area contributed by atoms with E-state index in [0.717, 1.165) is 0 Å². The number of unbranched alkanes of at least 4 members (excludes halogenated alkanes) is 1. The predicted molar refractivity (Wildman–Crippen MR) is 54.4 cm³/mol. The van der Waals surface area contributed by atoms with Gasteiger partial charge in [-0.05, 0) is 32.3 Å². The van der Waals surface area contributed by atoms with Crippen LogP contribution in [0.4, 0.5) is 0 Å². The molecule has 0 radical (unpaired) electrons. The summed E-state index contributed by atoms with van der Waals surface area (Å²) >= 11 is 0. The summed E-state index contributed by atoms with van der Waals surface area (Å²) in [6.07, 6.45) is 7.32. The highest BCUT2D eigenvalue weighted by atomic mass is 16.1. The number of hydrogen-bond acceptors (Lipinski definition) is 1. The van der Waals surface area contributed by atoms with E-state index in [0.29, 0.717) is 5.92 Å². The Bertz CT molecular complexity index is 218. The van der Waals surface area contributed by atoms with Crippen molar-refractivity contribution in [1.82, 2.24) is 5.32 Å². The van der Waals surface area contributed by atoms with Gasteiger partial charge in [-0.15, -0.1) is 0 Å². The molecule has 0 aromatic rings. The smallest absolute Gasteiger partial charge is 0.244 e. The molecule has 2 heteroatoms. The zero-order chi connectivity index (χ0) is 9.90. The first kappa shape index (κ1) is 10.3. The van der Waals surface area contributed by atoms with Gasteiger partial charge in [0, 0.05) is 5.54 Å². The number of hydrogen-bond donors (Lipinski definition) is 1. The lowest BCUT2D eigenvalue weighted by atomic mass is 9.81. The molecular formula is C11H19NO. The van der Waals surface area contributed by atoms with Crippen LogP contribution in [0.3, 0.4) is 0 Å². The molecule has 1 aliphatic heterocycles. The number of amides is 1. The van der Waals surface area contributed by atoms with Crippen LogP contribution >= 0.6 is 0 Å². The summed E-state index contributed by atoms with van der Waals surface area (Å²) in [5.74, 6) is 0.530. The number of rotatable bonds is 3. The number of nitrogens with one attached hydrogen (secondary N) is 1. The quantitative estimate of drug-likeness (QED) is 0.711. The van der Waals surface area contributed by atoms with Crippen molar-refractivity contribution in [3.05, 3.63) is 12.2 Å². The van der Waals surface area contributed by atoms with Crippen LogP contribution in [0.2, 0.25) is 0 Å². The van der Waals surface area contributed by atoms with Crippen molar-refractivity contribution in [3.63, 3.8) is 0 Å². The van der Waals surface area contributed by atoms with Gasteiger partial charge in [-0.3, -0.25) is 4.79 Å². The van der Waals surface area contributed by atoms with Gasteiger partial charge in [0.25, 0.3) is 0 Å². The molecule has 74 valence electrons. The lowest BCUT2D eigenvalue weighted by Crippen LogP contribution is -2.50. The Morgan fingerprint density at radius 3 is 2.77 bits per heavy atom. The Morgan fingerprint density at radius 2 is 2.23 bits per heavy atom. The molecule has 1 N–H and O–H groups in total. The van der Waals surface area contributed by atoms with Crippen molar-refractivity contribution in [2.75, 3.05) is 0 Å². The second-order valence-electron chi connectivity index (χ2n) is 4.32. The van der Waals surface area contributed by atoms with E-state index in [1.54, 1.807) is 6.08 Å². The van der Waals surface area contributed by atoms with Crippen LogP contribution in [-0.4, -0.2) is 11.4 Å². The zero-order valence-corrected chi connectivity index (χ0v) is 8.76. The Morgan fingerprint density at radius 1 is 1.54 bits per heavy atom. The van der Waals surface area contributed by atoms with Crippen LogP contribution in [0.5, 0.6) is 0 Å². The third kappa shape index (κ3) is 2.58. The summed E-state index contributed by atoms with van der Waals surface area (Å²) in [5, 5.41) is 2.99. The summed E-state index contributed by atoms with van der Waals surface area (Å²) in [6.45, 7) is 6.38. The molecule has 1 atom stereocenters. The molecule has 1 heterocycles. The summed E-state index contributed by atoms with van der Waals surface area (Å²) < 4.78 is 0. The van der Waals surface area contributed by atoms with E-state index < -0.39 is 0 Å². The molecule has 1 amide bonds. The first-order chi connectivity index (χ1) is 6.06. The molecule has 0 unspecified atom stereocenters. The molecule has 1 aliphatic rings. The maximum Gasteiger partial charge on any atom is 0.244 e. The van der Waals surface area contributed by atoms with Gasteiger partial charge in [0.05, 0.1) is 0 Å². The van der Waals surface area contributed by atoms with E-state index in [9.17, 15) is 4.79 Å². The molecule has 13 heavy (non-hydrogen) atoms. The van der Waals surface area contributed by atoms with E-state index >= 15 is 0 Å². The average molecular weight is 181 g/mol. The van der Waals surface area contributed by atoms with Crippen molar-refractivity contribution < 1.29 is 4.79 Å². The summed E-state index contributed by atoms with van der Waals surface area (Å²) in [7, 11) is 0. The molecule has 0 spiro atoms. The second kappa shape index (κ2) is 3.95. The molecule has 0 aromatic carbocycles. The van der Waals surface area contributed by atoms with E-state index in [-0.39, 0.29) is 11.4 Å². The molecule has 1 rings (SSSR count). The van der Waals surface area contributed by atoms with Crippen molar-refractivity contribution in [1.29, 1.82) is 0 Å². The van der Waals surface area contributed by atoms with Crippen LogP contribution in [0.25, 0.3) is 0 Å². The Labute approximate surface area is 80.4 Å². The molecule has 0 aliphatic carbocycles. The zero-order valence-electron chi connectivity index (χ0n) is 8.76. The third-order valence-electron chi connectivity index (χ3n) is 2.72. The van der Waals surface area contributed by atoms with Crippen molar-refractivity contribution in [2.45, 2.75) is 45.6 Å². The monoisotopic (exact) mass is 181 g/mol. The Hall–Kier alpha value is -0.790. The fourth-order valence-electron chi connectivity index (χ4n) is 1.78. The highest BCUT2D eigenvalue weighted by molar-refractivity contribution is 5.89. The summed E-state index contributed by atoms with van der Waals surface area (Å²) in [4.78, 5) is 11.1. The van der Waals surface area contributed by atoms with Crippen LogP contribution in [0.1, 0.15) is 40.0 Å². The lowest BCUT2D eigenvalue weighted by molar-refractivity contribution is -0.119. The number of carbonyl (C=O) groups is 1. The first-order valence-corrected chi connectivity index (χ1v) is 5.06. The van der Waals surface area contributed by atoms with Crippen LogP contribution in [0, 0.1) is 5.92 Å². The SMILES string of the molecule is CCCC[C@@H]1C=CC(=O)NC1(C)C. The second-order valence-corrected chi connectivity index (χ2v) is 4.32. The van der Waals surface area contributed by atoms with E-state index in [2.05, 4.69) is 32.2 Å². The maximum atomic E-state index is 11.1. The fraction of sp³-hybridized carbons (Fsp3) is 0.727. The first-order valence-electron chi connectivity index (χ1n) is 5.06. The highest BCUT2D eigenvalue weighted by Crippen LogP contribution is 2.26. The minimum Gasteiger partial charge on any atom is -0.347 e. The van der Waals surface area contributed by atoms with Crippen molar-refractivity contribution in [3.8, 4) is 0 Å². The van der Waals surface area contributed by atoms with Crippen molar-refractivity contribution >= 4 is 5.91 Å². The topological polar surface area (TPSA) is 29.1 Å². The minimum atomic E-state index is -0.0684. The maximum absolute atomic E-state index is 11.1. The molecule has 0 saturated carbocycles. The largest absolute Gasteiger partial charge is 0.347 e. The molecule has 0 aromatic heterocycles. The van der Waals surface area contributed by atoms with Gasteiger partial charge in [0.2, 0.25) is 5.91 Å². The van der Waals surface area contributed by atoms with Gasteiger partial charge >= 0.3 is 0 Å². The molecule has 0 fully saturated rings. The van der Waals surface area contributed by atoms with E-state index in [1.807, 2.05) is 0 Å². The highest BCUT2D eigenvalue weighted by Gasteiger charge is 2.30. The third-order valence-corrected chi connectivity index (χ3v) is 2.72. The predicted octanol–water partition coefficient (Wildman–Crippen LogP) is 2.26. The molecule has 0 saturated heterocycles. The Balaban J connectivity index is 2.61. The van der Waals surface area contributed by atoms with Gasteiger partial charge in [-0.1, -0.05) is 25.8 Å². The fourth-order valence-corrected chi connectivity index (χ4v) is 1.78. The van der Waals surface area contributed by atoms with E-state index in [4.69, 9.17) is 0 Å². The normalized spacial score (nSPS) is 25.8. The molecular weight excluding hydrogens is 162 g/mol. The Kier molecular flexibility index (Phi) is 3.12. The van der Waals surface area contributed by atoms with Crippen LogP contribution < -0.4 is 5.32 Å². The van der Waals surface area contributed by atoms with Gasteiger partial charge in [-0.2, -0.15) is 0 Å². The molecule has 2 nitrogen and oxygen atoms in total. The van der Waals surface area contributed by atoms with Gasteiger partial charge in [0.15, 0.2) is 0 Å². The van der Waals surface area contributed by atoms with Gasteiger partial charge in [0.1, 0.15) is 0 Å².